The number of hydrogen-bond acceptors (Lipinski definition) is 3. The summed E-state index contributed by atoms with van der Waals surface area (Å²) in [4.78, 5) is 9.37. The van der Waals surface area contributed by atoms with E-state index in [1.54, 1.807) is 0 Å². The molecule has 0 rings (SSSR count). The molecular formula is C4H5F3O3. The Morgan fingerprint density at radius 1 is 1.30 bits per heavy atom. The van der Waals surface area contributed by atoms with E-state index in [0.717, 1.165) is 0 Å². The molecule has 0 fully saturated rings. The molecule has 3 nitrogen and oxygen atoms in total. The zero-order valence-corrected chi connectivity index (χ0v) is 4.85. The molecule has 10 heavy (non-hydrogen) atoms. The van der Waals surface area contributed by atoms with Gasteiger partial charge in [0, 0.05) is 0 Å². The second-order valence-electron chi connectivity index (χ2n) is 1.26. The lowest BCUT2D eigenvalue weighted by molar-refractivity contribution is -0.326. The second-order valence-corrected chi connectivity index (χ2v) is 1.26. The number of carbonyl (C=O) groups is 1. The fourth-order valence-corrected chi connectivity index (χ4v) is 0.254. The van der Waals surface area contributed by atoms with Crippen molar-refractivity contribution in [3.8, 4) is 0 Å². The number of ether oxygens (including phenoxy) is 2. The molecule has 0 N–H and O–H groups in total. The van der Waals surface area contributed by atoms with Crippen LogP contribution in [0.3, 0.4) is 0 Å². The average Bonchev–Trinajstić information content (AvgIpc) is 1.78. The third-order valence-corrected chi connectivity index (χ3v) is 0.535. The number of hydrogen-bond donors (Lipinski definition) is 0. The van der Waals surface area contributed by atoms with E-state index in [4.69, 9.17) is 0 Å². The van der Waals surface area contributed by atoms with Crippen molar-refractivity contribution < 1.29 is 27.4 Å². The zero-order chi connectivity index (χ0) is 8.04. The van der Waals surface area contributed by atoms with Gasteiger partial charge in [-0.05, 0) is 0 Å². The molecule has 0 unspecified atom stereocenters. The zero-order valence-electron chi connectivity index (χ0n) is 4.85. The molecule has 0 radical (unpaired) electrons. The third-order valence-electron chi connectivity index (χ3n) is 0.535. The van der Waals surface area contributed by atoms with Crippen molar-refractivity contribution in [3.05, 3.63) is 0 Å². The minimum Gasteiger partial charge on any atom is -0.465 e. The Hall–Kier alpha value is -0.780. The van der Waals surface area contributed by atoms with E-state index in [1.165, 1.54) is 0 Å². The highest BCUT2D eigenvalue weighted by molar-refractivity contribution is 5.36. The smallest absolute Gasteiger partial charge is 0.465 e. The van der Waals surface area contributed by atoms with Crippen LogP contribution in [0.4, 0.5) is 13.2 Å². The summed E-state index contributed by atoms with van der Waals surface area (Å²) in [6.45, 7) is -0.995. The third kappa shape index (κ3) is 7.22. The van der Waals surface area contributed by atoms with Crippen LogP contribution in [-0.4, -0.2) is 26.0 Å². The van der Waals surface area contributed by atoms with Crippen LogP contribution in [-0.2, 0) is 14.3 Å². The van der Waals surface area contributed by atoms with Crippen molar-refractivity contribution in [2.45, 2.75) is 6.36 Å². The Morgan fingerprint density at radius 2 is 1.90 bits per heavy atom. The van der Waals surface area contributed by atoms with Crippen LogP contribution in [0.15, 0.2) is 0 Å². The molecule has 0 spiro atoms. The monoisotopic (exact) mass is 158 g/mol. The summed E-state index contributed by atoms with van der Waals surface area (Å²) in [6, 6.07) is 0. The predicted octanol–water partition coefficient (Wildman–Crippen LogP) is 0.696. The molecule has 60 valence electrons. The molecular weight excluding hydrogens is 153 g/mol. The van der Waals surface area contributed by atoms with Gasteiger partial charge in [-0.1, -0.05) is 0 Å². The van der Waals surface area contributed by atoms with Gasteiger partial charge in [0.1, 0.15) is 6.61 Å². The van der Waals surface area contributed by atoms with Gasteiger partial charge < -0.3 is 4.74 Å². The van der Waals surface area contributed by atoms with Crippen molar-refractivity contribution in [1.82, 2.24) is 0 Å². The maximum absolute atomic E-state index is 11.1. The highest BCUT2D eigenvalue weighted by atomic mass is 19.4. The molecule has 0 heterocycles. The normalized spacial score (nSPS) is 11.1. The van der Waals surface area contributed by atoms with Crippen LogP contribution in [0, 0.1) is 0 Å². The minimum absolute atomic E-state index is 0.0553. The largest absolute Gasteiger partial charge is 0.522 e. The molecule has 0 saturated carbocycles. The summed E-state index contributed by atoms with van der Waals surface area (Å²) in [5.41, 5.74) is 0. The summed E-state index contributed by atoms with van der Waals surface area (Å²) in [5, 5.41) is 0. The van der Waals surface area contributed by atoms with Crippen molar-refractivity contribution in [1.29, 1.82) is 0 Å². The van der Waals surface area contributed by atoms with Gasteiger partial charge in [-0.3, -0.25) is 9.53 Å². The van der Waals surface area contributed by atoms with E-state index in [1.807, 2.05) is 0 Å². The number of alkyl halides is 3. The number of halogens is 3. The highest BCUT2D eigenvalue weighted by Crippen LogP contribution is 2.15. The molecule has 0 bridgehead atoms. The topological polar surface area (TPSA) is 35.5 Å². The van der Waals surface area contributed by atoms with E-state index in [0.29, 0.717) is 0 Å². The second kappa shape index (κ2) is 4.10. The Labute approximate surface area is 54.7 Å². The molecule has 0 aliphatic carbocycles. The highest BCUT2D eigenvalue weighted by Gasteiger charge is 2.28. The summed E-state index contributed by atoms with van der Waals surface area (Å²) < 4.78 is 40.5. The first-order valence-electron chi connectivity index (χ1n) is 2.32. The van der Waals surface area contributed by atoms with Crippen LogP contribution in [0.1, 0.15) is 0 Å². The van der Waals surface area contributed by atoms with Gasteiger partial charge >= 0.3 is 6.36 Å². The molecule has 0 saturated heterocycles. The molecule has 0 aromatic heterocycles. The summed E-state index contributed by atoms with van der Waals surface area (Å²) in [6.07, 6.45) is -4.65. The summed E-state index contributed by atoms with van der Waals surface area (Å²) in [7, 11) is 0. The molecule has 0 aromatic rings. The van der Waals surface area contributed by atoms with Crippen molar-refractivity contribution in [2.75, 3.05) is 13.2 Å². The molecule has 0 aliphatic rings. The Bertz CT molecular complexity index is 100. The lowest BCUT2D eigenvalue weighted by Gasteiger charge is -2.04. The molecule has 0 aromatic carbocycles. The van der Waals surface area contributed by atoms with Gasteiger partial charge in [0.2, 0.25) is 0 Å². The van der Waals surface area contributed by atoms with Gasteiger partial charge in [-0.15, -0.1) is 13.2 Å². The van der Waals surface area contributed by atoms with Crippen molar-refractivity contribution in [2.24, 2.45) is 0 Å². The summed E-state index contributed by atoms with van der Waals surface area (Å²) in [5.74, 6) is 0. The lowest BCUT2D eigenvalue weighted by Crippen LogP contribution is -2.16. The summed E-state index contributed by atoms with van der Waals surface area (Å²) >= 11 is 0. The minimum atomic E-state index is -4.65. The first-order chi connectivity index (χ1) is 4.56. The average molecular weight is 158 g/mol. The quantitative estimate of drug-likeness (QED) is 0.446. The van der Waals surface area contributed by atoms with E-state index in [-0.39, 0.29) is 13.1 Å². The lowest BCUT2D eigenvalue weighted by atomic mass is 10.8. The molecule has 6 heteroatoms. The maximum Gasteiger partial charge on any atom is 0.522 e. The van der Waals surface area contributed by atoms with Gasteiger partial charge in [-0.25, -0.2) is 0 Å². The van der Waals surface area contributed by atoms with Crippen molar-refractivity contribution >= 4 is 6.47 Å². The maximum atomic E-state index is 11.1. The van der Waals surface area contributed by atoms with E-state index < -0.39 is 13.0 Å². The molecule has 0 atom stereocenters. The van der Waals surface area contributed by atoms with Crippen molar-refractivity contribution in [3.63, 3.8) is 0 Å². The van der Waals surface area contributed by atoms with Crippen LogP contribution in [0.25, 0.3) is 0 Å². The van der Waals surface area contributed by atoms with Crippen LogP contribution in [0.5, 0.6) is 0 Å². The fraction of sp³-hybridized carbons (Fsp3) is 0.750. The Morgan fingerprint density at radius 3 is 2.30 bits per heavy atom. The van der Waals surface area contributed by atoms with Crippen LogP contribution in [0.2, 0.25) is 0 Å². The van der Waals surface area contributed by atoms with E-state index >= 15 is 0 Å². The Kier molecular flexibility index (Phi) is 3.78. The van der Waals surface area contributed by atoms with Crippen LogP contribution < -0.4 is 0 Å². The van der Waals surface area contributed by atoms with E-state index in [9.17, 15) is 18.0 Å². The number of rotatable bonds is 4. The van der Waals surface area contributed by atoms with Crippen LogP contribution >= 0.6 is 0 Å². The van der Waals surface area contributed by atoms with Gasteiger partial charge in [0.15, 0.2) is 0 Å². The molecule has 0 amide bonds. The SMILES string of the molecule is O=COCCOC(F)(F)F. The first kappa shape index (κ1) is 9.22. The predicted molar refractivity (Wildman–Crippen MR) is 24.0 cm³/mol. The van der Waals surface area contributed by atoms with E-state index in [2.05, 4.69) is 9.47 Å². The fourth-order valence-electron chi connectivity index (χ4n) is 0.254. The van der Waals surface area contributed by atoms with Gasteiger partial charge in [0.05, 0.1) is 6.61 Å². The molecule has 0 aliphatic heterocycles. The first-order valence-corrected chi connectivity index (χ1v) is 2.32. The van der Waals surface area contributed by atoms with Gasteiger partial charge in [-0.2, -0.15) is 0 Å². The van der Waals surface area contributed by atoms with Gasteiger partial charge in [0.25, 0.3) is 6.47 Å². The number of carbonyl (C=O) groups excluding carboxylic acids is 1. The Balaban J connectivity index is 3.12. The standard InChI is InChI=1S/C4H5F3O3/c5-4(6,7)10-2-1-9-3-8/h3H,1-2H2.